The number of likely N-dealkylation sites (tertiary alicyclic amines) is 1. The van der Waals surface area contributed by atoms with E-state index in [0.29, 0.717) is 30.3 Å². The second-order valence-corrected chi connectivity index (χ2v) is 10.1. The number of amides is 2. The summed E-state index contributed by atoms with van der Waals surface area (Å²) in [6.45, 7) is 6.41. The molecule has 198 valence electrons. The number of ether oxygens (including phenoxy) is 1. The Morgan fingerprint density at radius 2 is 1.92 bits per heavy atom. The maximum absolute atomic E-state index is 13.0. The lowest BCUT2D eigenvalue weighted by Gasteiger charge is -2.44. The van der Waals surface area contributed by atoms with Gasteiger partial charge in [0.25, 0.3) is 5.91 Å². The van der Waals surface area contributed by atoms with E-state index in [2.05, 4.69) is 15.4 Å². The zero-order chi connectivity index (χ0) is 27.1. The number of carbonyl (C=O) groups excluding carboxylic acids is 1. The Kier molecular flexibility index (Phi) is 6.78. The number of nitrogens with one attached hydrogen (secondary N) is 1. The molecule has 9 nitrogen and oxygen atoms in total. The summed E-state index contributed by atoms with van der Waals surface area (Å²) in [4.78, 5) is 29.4. The van der Waals surface area contributed by atoms with Crippen molar-refractivity contribution in [3.8, 4) is 5.75 Å². The highest BCUT2D eigenvalue weighted by Gasteiger charge is 2.39. The number of hydrogen-bond donors (Lipinski definition) is 2. The first-order chi connectivity index (χ1) is 17.3. The van der Waals surface area contributed by atoms with Crippen LogP contribution in [0, 0.1) is 5.41 Å². The van der Waals surface area contributed by atoms with Crippen molar-refractivity contribution in [1.82, 2.24) is 19.7 Å². The highest BCUT2D eigenvalue weighted by atomic mass is 19.4. The number of carbonyl (C=O) groups is 2. The maximum atomic E-state index is 13.0. The molecule has 0 spiro atoms. The van der Waals surface area contributed by atoms with Crippen LogP contribution in [-0.4, -0.2) is 56.5 Å². The van der Waals surface area contributed by atoms with Gasteiger partial charge in [0, 0.05) is 30.2 Å². The van der Waals surface area contributed by atoms with Crippen molar-refractivity contribution in [1.29, 1.82) is 0 Å². The summed E-state index contributed by atoms with van der Waals surface area (Å²) in [6, 6.07) is 6.15. The number of hydrogen-bond acceptors (Lipinski definition) is 5. The van der Waals surface area contributed by atoms with E-state index in [1.54, 1.807) is 12.1 Å². The SMILES string of the molecule is COc1cc2nn(C3CCN(C(=O)O)C(C(C)(C)C)C3)cc2cc1NC(=O)c1cccc(C(F)(F)F)n1. The van der Waals surface area contributed by atoms with Crippen molar-refractivity contribution in [3.05, 3.63) is 47.9 Å². The monoisotopic (exact) mass is 519 g/mol. The predicted molar refractivity (Wildman–Crippen MR) is 130 cm³/mol. The lowest BCUT2D eigenvalue weighted by molar-refractivity contribution is -0.141. The van der Waals surface area contributed by atoms with Crippen LogP contribution in [-0.2, 0) is 6.18 Å². The molecule has 1 fully saturated rings. The average molecular weight is 520 g/mol. The van der Waals surface area contributed by atoms with E-state index in [1.165, 1.54) is 18.1 Å². The molecule has 2 unspecified atom stereocenters. The molecule has 2 atom stereocenters. The molecular formula is C25H28F3N5O4. The lowest BCUT2D eigenvalue weighted by atomic mass is 9.79. The van der Waals surface area contributed by atoms with Crippen LogP contribution < -0.4 is 10.1 Å². The van der Waals surface area contributed by atoms with E-state index >= 15 is 0 Å². The molecule has 1 aliphatic rings. The number of carboxylic acid groups (broad SMARTS) is 1. The molecule has 0 aliphatic carbocycles. The summed E-state index contributed by atoms with van der Waals surface area (Å²) in [7, 11) is 1.41. The third-order valence-electron chi connectivity index (χ3n) is 6.56. The van der Waals surface area contributed by atoms with Gasteiger partial charge in [-0.1, -0.05) is 26.8 Å². The van der Waals surface area contributed by atoms with E-state index in [1.807, 2.05) is 31.6 Å². The van der Waals surface area contributed by atoms with E-state index in [4.69, 9.17) is 4.74 Å². The summed E-state index contributed by atoms with van der Waals surface area (Å²) in [6.07, 6.45) is -2.62. The fourth-order valence-electron chi connectivity index (χ4n) is 4.67. The van der Waals surface area contributed by atoms with E-state index in [9.17, 15) is 27.9 Å². The summed E-state index contributed by atoms with van der Waals surface area (Å²) < 4.78 is 46.2. The summed E-state index contributed by atoms with van der Waals surface area (Å²) in [5.41, 5.74) is -0.952. The minimum atomic E-state index is -4.67. The Morgan fingerprint density at radius 3 is 2.54 bits per heavy atom. The first-order valence-corrected chi connectivity index (χ1v) is 11.7. The van der Waals surface area contributed by atoms with Crippen LogP contribution in [0.25, 0.3) is 10.9 Å². The molecule has 4 rings (SSSR count). The maximum Gasteiger partial charge on any atom is 0.433 e. The van der Waals surface area contributed by atoms with E-state index < -0.39 is 23.9 Å². The molecule has 0 radical (unpaired) electrons. The Bertz CT molecular complexity index is 1330. The highest BCUT2D eigenvalue weighted by Crippen LogP contribution is 2.38. The van der Waals surface area contributed by atoms with Crippen LogP contribution in [0.15, 0.2) is 36.5 Å². The van der Waals surface area contributed by atoms with Crippen molar-refractivity contribution >= 4 is 28.6 Å². The van der Waals surface area contributed by atoms with Gasteiger partial charge < -0.3 is 20.1 Å². The van der Waals surface area contributed by atoms with Gasteiger partial charge in [-0.25, -0.2) is 9.78 Å². The second kappa shape index (κ2) is 9.56. The molecule has 2 amide bonds. The number of aromatic nitrogens is 3. The van der Waals surface area contributed by atoms with Crippen LogP contribution in [0.4, 0.5) is 23.7 Å². The number of fused-ring (bicyclic) bond motifs is 1. The average Bonchev–Trinajstić information content (AvgIpc) is 3.25. The van der Waals surface area contributed by atoms with Crippen molar-refractivity contribution in [2.45, 2.75) is 51.9 Å². The number of piperidine rings is 1. The molecule has 1 saturated heterocycles. The zero-order valence-electron chi connectivity index (χ0n) is 20.8. The quantitative estimate of drug-likeness (QED) is 0.475. The molecule has 2 aromatic heterocycles. The van der Waals surface area contributed by atoms with Gasteiger partial charge in [-0.2, -0.15) is 18.3 Å². The van der Waals surface area contributed by atoms with Gasteiger partial charge in [0.2, 0.25) is 0 Å². The van der Waals surface area contributed by atoms with Crippen LogP contribution in [0.5, 0.6) is 5.75 Å². The van der Waals surface area contributed by atoms with Crippen molar-refractivity contribution in [3.63, 3.8) is 0 Å². The van der Waals surface area contributed by atoms with Crippen LogP contribution in [0.2, 0.25) is 0 Å². The number of nitrogens with zero attached hydrogens (tertiary/aromatic N) is 4. The summed E-state index contributed by atoms with van der Waals surface area (Å²) in [5.74, 6) is -0.531. The fraction of sp³-hybridized carbons (Fsp3) is 0.440. The number of rotatable bonds is 4. The van der Waals surface area contributed by atoms with E-state index in [-0.39, 0.29) is 34.6 Å². The molecule has 12 heteroatoms. The number of halogens is 3. The molecule has 37 heavy (non-hydrogen) atoms. The van der Waals surface area contributed by atoms with Gasteiger partial charge in [-0.15, -0.1) is 0 Å². The Morgan fingerprint density at radius 1 is 1.19 bits per heavy atom. The van der Waals surface area contributed by atoms with Gasteiger partial charge in [0.1, 0.15) is 17.1 Å². The smallest absolute Gasteiger partial charge is 0.433 e. The Labute approximate surface area is 211 Å². The molecular weight excluding hydrogens is 491 g/mol. The molecule has 3 aromatic rings. The highest BCUT2D eigenvalue weighted by molar-refractivity contribution is 6.05. The molecule has 3 heterocycles. The van der Waals surface area contributed by atoms with Crippen molar-refractivity contribution < 1.29 is 32.6 Å². The van der Waals surface area contributed by atoms with Crippen LogP contribution >= 0.6 is 0 Å². The van der Waals surface area contributed by atoms with Crippen LogP contribution in [0.3, 0.4) is 0 Å². The minimum Gasteiger partial charge on any atom is -0.494 e. The number of anilines is 1. The molecule has 2 N–H and O–H groups in total. The molecule has 1 aromatic carbocycles. The lowest BCUT2D eigenvalue weighted by Crippen LogP contribution is -2.51. The standard InChI is InChI=1S/C25H28F3N5O4/c1-24(2,3)21-11-15(8-9-32(21)23(35)36)33-13-14-10-18(19(37-4)12-17(14)31-33)30-22(34)16-6-5-7-20(29-16)25(26,27)28/h5-7,10,12-13,15,21H,8-9,11H2,1-4H3,(H,30,34)(H,35,36). The van der Waals surface area contributed by atoms with Crippen molar-refractivity contribution in [2.75, 3.05) is 19.0 Å². The minimum absolute atomic E-state index is 0.0365. The van der Waals surface area contributed by atoms with Crippen LogP contribution in [0.1, 0.15) is 55.8 Å². The zero-order valence-corrected chi connectivity index (χ0v) is 20.8. The largest absolute Gasteiger partial charge is 0.494 e. The Hall–Kier alpha value is -3.83. The molecule has 1 aliphatic heterocycles. The van der Waals surface area contributed by atoms with Gasteiger partial charge in [0.05, 0.1) is 24.4 Å². The normalized spacial score (nSPS) is 18.6. The fourth-order valence-corrected chi connectivity index (χ4v) is 4.67. The Balaban J connectivity index is 1.61. The second-order valence-electron chi connectivity index (χ2n) is 10.1. The topological polar surface area (TPSA) is 110 Å². The first-order valence-electron chi connectivity index (χ1n) is 11.7. The number of methoxy groups -OCH3 is 1. The van der Waals surface area contributed by atoms with Gasteiger partial charge >= 0.3 is 12.3 Å². The number of benzene rings is 1. The predicted octanol–water partition coefficient (Wildman–Crippen LogP) is 5.44. The van der Waals surface area contributed by atoms with E-state index in [0.717, 1.165) is 12.1 Å². The molecule has 0 bridgehead atoms. The van der Waals surface area contributed by atoms with Crippen molar-refractivity contribution in [2.24, 2.45) is 5.41 Å². The number of alkyl halides is 3. The third-order valence-corrected chi connectivity index (χ3v) is 6.56. The van der Waals surface area contributed by atoms with Gasteiger partial charge in [-0.05, 0) is 36.5 Å². The number of pyridine rings is 1. The summed E-state index contributed by atoms with van der Waals surface area (Å²) >= 11 is 0. The van der Waals surface area contributed by atoms with Gasteiger partial charge in [0.15, 0.2) is 0 Å². The van der Waals surface area contributed by atoms with Gasteiger partial charge in [-0.3, -0.25) is 9.48 Å². The summed E-state index contributed by atoms with van der Waals surface area (Å²) in [5, 5.41) is 17.6. The first kappa shape index (κ1) is 26.2. The third kappa shape index (κ3) is 5.47. The molecule has 0 saturated carbocycles.